The second-order valence-electron chi connectivity index (χ2n) is 6.27. The van der Waals surface area contributed by atoms with E-state index in [4.69, 9.17) is 13.9 Å². The Balaban J connectivity index is 1.57. The topological polar surface area (TPSA) is 34.8 Å². The van der Waals surface area contributed by atoms with E-state index >= 15 is 0 Å². The zero-order valence-electron chi connectivity index (χ0n) is 12.8. The van der Waals surface area contributed by atoms with Crippen molar-refractivity contribution < 1.29 is 13.9 Å². The lowest BCUT2D eigenvalue weighted by Crippen LogP contribution is -2.47. The quantitative estimate of drug-likeness (QED) is 0.781. The Morgan fingerprint density at radius 1 is 1.52 bits per heavy atom. The molecule has 4 heteroatoms. The van der Waals surface area contributed by atoms with Gasteiger partial charge in [-0.3, -0.25) is 4.90 Å². The second-order valence-corrected chi connectivity index (χ2v) is 6.27. The molecule has 116 valence electrons. The number of rotatable bonds is 5. The van der Waals surface area contributed by atoms with Gasteiger partial charge in [-0.05, 0) is 38.4 Å². The van der Waals surface area contributed by atoms with Gasteiger partial charge >= 0.3 is 0 Å². The van der Waals surface area contributed by atoms with E-state index in [9.17, 15) is 0 Å². The third kappa shape index (κ3) is 3.57. The summed E-state index contributed by atoms with van der Waals surface area (Å²) in [7, 11) is 0. The molecule has 0 aliphatic carbocycles. The van der Waals surface area contributed by atoms with Crippen LogP contribution in [0.4, 0.5) is 0 Å². The minimum Gasteiger partial charge on any atom is -0.465 e. The predicted molar refractivity (Wildman–Crippen MR) is 81.2 cm³/mol. The molecule has 0 N–H and O–H groups in total. The number of likely N-dealkylation sites (tertiary alicyclic amines) is 1. The summed E-state index contributed by atoms with van der Waals surface area (Å²) in [6, 6.07) is 4.10. The summed E-state index contributed by atoms with van der Waals surface area (Å²) < 4.78 is 17.6. The van der Waals surface area contributed by atoms with Gasteiger partial charge in [-0.2, -0.15) is 0 Å². The molecule has 1 spiro atoms. The Bertz CT molecular complexity index is 484. The molecular formula is C17H25NO3. The van der Waals surface area contributed by atoms with Crippen molar-refractivity contribution in [3.8, 4) is 0 Å². The number of ether oxygens (including phenoxy) is 2. The molecule has 2 aliphatic heterocycles. The van der Waals surface area contributed by atoms with Gasteiger partial charge in [0.2, 0.25) is 0 Å². The Labute approximate surface area is 126 Å². The predicted octanol–water partition coefficient (Wildman–Crippen LogP) is 2.91. The van der Waals surface area contributed by atoms with Crippen LogP contribution in [0.15, 0.2) is 29.2 Å². The monoisotopic (exact) mass is 291 g/mol. The highest BCUT2D eigenvalue weighted by Crippen LogP contribution is 2.36. The summed E-state index contributed by atoms with van der Waals surface area (Å²) in [5, 5.41) is 0. The highest BCUT2D eigenvalue weighted by molar-refractivity contribution is 5.06. The van der Waals surface area contributed by atoms with Crippen LogP contribution >= 0.6 is 0 Å². The van der Waals surface area contributed by atoms with Crippen LogP contribution in [0.25, 0.3) is 0 Å². The maximum absolute atomic E-state index is 6.13. The number of hydrogen-bond donors (Lipinski definition) is 0. The molecule has 0 aromatic carbocycles. The van der Waals surface area contributed by atoms with Gasteiger partial charge in [-0.15, -0.1) is 6.58 Å². The SMILES string of the molecule is C=CCO[C@H]1CO[C@]2(CCCN(Cc3ccc(C)o3)C2)C1. The maximum atomic E-state index is 6.13. The normalized spacial score (nSPS) is 30.0. The zero-order valence-corrected chi connectivity index (χ0v) is 12.8. The minimum absolute atomic E-state index is 0.0221. The van der Waals surface area contributed by atoms with Gasteiger partial charge in [0.25, 0.3) is 0 Å². The third-order valence-electron chi connectivity index (χ3n) is 4.42. The first-order valence-corrected chi connectivity index (χ1v) is 7.83. The standard InChI is InChI=1S/C17H25NO3/c1-3-9-19-16-10-17(20-12-16)7-4-8-18(13-17)11-15-6-5-14(2)21-15/h3,5-6,16H,1,4,7-13H2,2H3/t16-,17-/m1/s1. The highest BCUT2D eigenvalue weighted by Gasteiger charge is 2.43. The third-order valence-corrected chi connectivity index (χ3v) is 4.42. The zero-order chi connectivity index (χ0) is 14.7. The van der Waals surface area contributed by atoms with Gasteiger partial charge in [0.15, 0.2) is 0 Å². The van der Waals surface area contributed by atoms with Gasteiger partial charge in [-0.25, -0.2) is 0 Å². The average molecular weight is 291 g/mol. The van der Waals surface area contributed by atoms with Gasteiger partial charge in [0.1, 0.15) is 11.5 Å². The molecule has 1 aromatic heterocycles. The lowest BCUT2D eigenvalue weighted by atomic mass is 9.89. The van der Waals surface area contributed by atoms with E-state index in [1.54, 1.807) is 6.08 Å². The molecule has 0 saturated carbocycles. The summed E-state index contributed by atoms with van der Waals surface area (Å²) in [4.78, 5) is 2.44. The molecule has 2 saturated heterocycles. The summed E-state index contributed by atoms with van der Waals surface area (Å²) in [5.74, 6) is 2.02. The fourth-order valence-corrected chi connectivity index (χ4v) is 3.51. The first-order chi connectivity index (χ1) is 10.2. The van der Waals surface area contributed by atoms with Crippen LogP contribution < -0.4 is 0 Å². The maximum Gasteiger partial charge on any atom is 0.118 e. The van der Waals surface area contributed by atoms with Crippen LogP contribution in [0.2, 0.25) is 0 Å². The Morgan fingerprint density at radius 3 is 3.19 bits per heavy atom. The van der Waals surface area contributed by atoms with Crippen molar-refractivity contribution in [1.82, 2.24) is 4.90 Å². The van der Waals surface area contributed by atoms with Crippen molar-refractivity contribution in [3.63, 3.8) is 0 Å². The summed E-state index contributed by atoms with van der Waals surface area (Å²) in [6.07, 6.45) is 5.32. The van der Waals surface area contributed by atoms with E-state index in [-0.39, 0.29) is 11.7 Å². The summed E-state index contributed by atoms with van der Waals surface area (Å²) >= 11 is 0. The van der Waals surface area contributed by atoms with Crippen LogP contribution in [-0.2, 0) is 16.0 Å². The van der Waals surface area contributed by atoms with E-state index < -0.39 is 0 Å². The average Bonchev–Trinajstić information content (AvgIpc) is 3.04. The summed E-state index contributed by atoms with van der Waals surface area (Å²) in [6.45, 7) is 9.97. The van der Waals surface area contributed by atoms with Crippen molar-refractivity contribution in [2.45, 2.75) is 44.4 Å². The van der Waals surface area contributed by atoms with Crippen LogP contribution in [-0.4, -0.2) is 42.9 Å². The summed E-state index contributed by atoms with van der Waals surface area (Å²) in [5.41, 5.74) is -0.0221. The van der Waals surface area contributed by atoms with E-state index in [1.165, 1.54) is 6.42 Å². The molecule has 1 aromatic rings. The molecule has 2 fully saturated rings. The van der Waals surface area contributed by atoms with Gasteiger partial charge in [-0.1, -0.05) is 6.08 Å². The lowest BCUT2D eigenvalue weighted by molar-refractivity contribution is -0.0555. The molecule has 4 nitrogen and oxygen atoms in total. The molecule has 0 bridgehead atoms. The number of furan rings is 1. The van der Waals surface area contributed by atoms with E-state index in [0.29, 0.717) is 13.2 Å². The fourth-order valence-electron chi connectivity index (χ4n) is 3.51. The number of hydrogen-bond acceptors (Lipinski definition) is 4. The van der Waals surface area contributed by atoms with Crippen LogP contribution in [0.1, 0.15) is 30.8 Å². The molecular weight excluding hydrogens is 266 g/mol. The molecule has 2 aliphatic rings. The first-order valence-electron chi connectivity index (χ1n) is 7.83. The first kappa shape index (κ1) is 14.8. The van der Waals surface area contributed by atoms with Gasteiger partial charge < -0.3 is 13.9 Å². The molecule has 0 amide bonds. The van der Waals surface area contributed by atoms with Crippen molar-refractivity contribution in [1.29, 1.82) is 0 Å². The molecule has 21 heavy (non-hydrogen) atoms. The van der Waals surface area contributed by atoms with E-state index in [1.807, 2.05) is 13.0 Å². The lowest BCUT2D eigenvalue weighted by Gasteiger charge is -2.39. The highest BCUT2D eigenvalue weighted by atomic mass is 16.6. The van der Waals surface area contributed by atoms with Crippen molar-refractivity contribution in [2.75, 3.05) is 26.3 Å². The number of piperidine rings is 1. The molecule has 3 rings (SSSR count). The molecule has 0 unspecified atom stereocenters. The second kappa shape index (κ2) is 6.34. The van der Waals surface area contributed by atoms with Gasteiger partial charge in [0, 0.05) is 13.0 Å². The van der Waals surface area contributed by atoms with Crippen LogP contribution in [0.3, 0.4) is 0 Å². The van der Waals surface area contributed by atoms with Gasteiger partial charge in [0.05, 0.1) is 31.5 Å². The van der Waals surface area contributed by atoms with Crippen molar-refractivity contribution in [2.24, 2.45) is 0 Å². The molecule has 3 heterocycles. The van der Waals surface area contributed by atoms with Crippen LogP contribution in [0.5, 0.6) is 0 Å². The minimum atomic E-state index is -0.0221. The van der Waals surface area contributed by atoms with Crippen LogP contribution in [0, 0.1) is 6.92 Å². The Kier molecular flexibility index (Phi) is 4.48. The molecule has 0 radical (unpaired) electrons. The van der Waals surface area contributed by atoms with Crippen molar-refractivity contribution >= 4 is 0 Å². The smallest absolute Gasteiger partial charge is 0.118 e. The van der Waals surface area contributed by atoms with E-state index in [2.05, 4.69) is 17.5 Å². The largest absolute Gasteiger partial charge is 0.465 e. The fraction of sp³-hybridized carbons (Fsp3) is 0.647. The number of aryl methyl sites for hydroxylation is 1. The van der Waals surface area contributed by atoms with Crippen molar-refractivity contribution in [3.05, 3.63) is 36.3 Å². The number of nitrogens with zero attached hydrogens (tertiary/aromatic N) is 1. The molecule has 2 atom stereocenters. The Hall–Kier alpha value is -1.10. The van der Waals surface area contributed by atoms with E-state index in [0.717, 1.165) is 44.0 Å². The Morgan fingerprint density at radius 2 is 2.43 bits per heavy atom.